The van der Waals surface area contributed by atoms with Crippen molar-refractivity contribution in [1.29, 1.82) is 0 Å². The summed E-state index contributed by atoms with van der Waals surface area (Å²) in [5, 5.41) is 13.4. The summed E-state index contributed by atoms with van der Waals surface area (Å²) in [5.41, 5.74) is 5.40. The largest absolute Gasteiger partial charge is 0.495 e. The first-order chi connectivity index (χ1) is 15.9. The molecule has 0 bridgehead atoms. The van der Waals surface area contributed by atoms with E-state index in [1.54, 1.807) is 19.4 Å². The Morgan fingerprint density at radius 3 is 2.70 bits per heavy atom. The Kier molecular flexibility index (Phi) is 7.63. The Balaban J connectivity index is 2.02. The Morgan fingerprint density at radius 2 is 2.03 bits per heavy atom. The van der Waals surface area contributed by atoms with Gasteiger partial charge in [0.15, 0.2) is 0 Å². The number of rotatable bonds is 10. The standard InChI is InChI=1S/C25H26F2N4O2/c1-5-6-7-23(17(3)33-4)28-12-19-15-31(14-18-8-9-20(26)10-22(18)27)25-13-29-24(11-21(19)25)16(2)30-32/h5-11,13,15,28,30,32H,2-3,12,14H2,1,4H3/b6-5-,23-7+. The lowest BCUT2D eigenvalue weighted by atomic mass is 10.1. The number of nitrogens with zero attached hydrogens (tertiary/aromatic N) is 2. The molecule has 3 rings (SSSR count). The number of fused-ring (bicyclic) bond motifs is 1. The number of hydrogen-bond acceptors (Lipinski definition) is 5. The van der Waals surface area contributed by atoms with Crippen LogP contribution in [-0.2, 0) is 17.8 Å². The van der Waals surface area contributed by atoms with E-state index < -0.39 is 11.6 Å². The zero-order chi connectivity index (χ0) is 24.0. The molecule has 172 valence electrons. The molecule has 0 aliphatic heterocycles. The molecule has 2 heterocycles. The zero-order valence-electron chi connectivity index (χ0n) is 18.5. The van der Waals surface area contributed by atoms with E-state index in [4.69, 9.17) is 4.74 Å². The lowest BCUT2D eigenvalue weighted by Crippen LogP contribution is -2.15. The van der Waals surface area contributed by atoms with Crippen molar-refractivity contribution in [2.45, 2.75) is 20.0 Å². The molecule has 6 nitrogen and oxygen atoms in total. The molecule has 0 amide bonds. The molecule has 3 aromatic rings. The lowest BCUT2D eigenvalue weighted by molar-refractivity contribution is 0.224. The second-order valence-electron chi connectivity index (χ2n) is 7.28. The topological polar surface area (TPSA) is 71.3 Å². The van der Waals surface area contributed by atoms with E-state index in [1.807, 2.05) is 41.4 Å². The Bertz CT molecular complexity index is 1240. The quantitative estimate of drug-likeness (QED) is 0.229. The van der Waals surface area contributed by atoms with Crippen molar-refractivity contribution in [3.8, 4) is 0 Å². The molecular weight excluding hydrogens is 426 g/mol. The van der Waals surface area contributed by atoms with Crippen molar-refractivity contribution >= 4 is 16.6 Å². The first-order valence-electron chi connectivity index (χ1n) is 10.2. The highest BCUT2D eigenvalue weighted by Gasteiger charge is 2.14. The molecule has 0 aliphatic rings. The molecule has 0 saturated heterocycles. The molecule has 8 heteroatoms. The number of nitrogens with one attached hydrogen (secondary N) is 2. The minimum absolute atomic E-state index is 0.189. The average molecular weight is 453 g/mol. The van der Waals surface area contributed by atoms with Gasteiger partial charge in [-0.2, -0.15) is 0 Å². The molecular formula is C25H26F2N4O2. The van der Waals surface area contributed by atoms with Crippen LogP contribution >= 0.6 is 0 Å². The molecule has 0 saturated carbocycles. The van der Waals surface area contributed by atoms with Gasteiger partial charge in [0.25, 0.3) is 0 Å². The summed E-state index contributed by atoms with van der Waals surface area (Å²) in [6.45, 7) is 10.1. The van der Waals surface area contributed by atoms with Crippen LogP contribution in [0.5, 0.6) is 0 Å². The molecule has 0 radical (unpaired) electrons. The average Bonchev–Trinajstić information content (AvgIpc) is 3.16. The number of halogens is 2. The smallest absolute Gasteiger partial charge is 0.134 e. The first kappa shape index (κ1) is 23.7. The summed E-state index contributed by atoms with van der Waals surface area (Å²) in [4.78, 5) is 4.34. The summed E-state index contributed by atoms with van der Waals surface area (Å²) >= 11 is 0. The number of pyridine rings is 1. The third-order valence-corrected chi connectivity index (χ3v) is 5.12. The van der Waals surface area contributed by atoms with Crippen molar-refractivity contribution in [1.82, 2.24) is 20.3 Å². The minimum Gasteiger partial charge on any atom is -0.495 e. The van der Waals surface area contributed by atoms with Gasteiger partial charge >= 0.3 is 0 Å². The highest BCUT2D eigenvalue weighted by atomic mass is 19.1. The Labute approximate surface area is 191 Å². The summed E-state index contributed by atoms with van der Waals surface area (Å²) in [7, 11) is 1.54. The van der Waals surface area contributed by atoms with Gasteiger partial charge < -0.3 is 14.6 Å². The summed E-state index contributed by atoms with van der Waals surface area (Å²) in [5.74, 6) is -0.768. The summed E-state index contributed by atoms with van der Waals surface area (Å²) in [6, 6.07) is 5.31. The normalized spacial score (nSPS) is 11.7. The predicted molar refractivity (Wildman–Crippen MR) is 125 cm³/mol. The van der Waals surface area contributed by atoms with Crippen molar-refractivity contribution in [2.24, 2.45) is 0 Å². The number of ether oxygens (including phenoxy) is 1. The van der Waals surface area contributed by atoms with E-state index in [9.17, 15) is 14.0 Å². The molecule has 0 unspecified atom stereocenters. The minimum atomic E-state index is -0.626. The SMILES string of the molecule is C=C(OC)/C(=C\C=C/C)NCc1cn(Cc2ccc(F)cc2F)c2cnc(C(=C)NO)cc12. The fourth-order valence-electron chi connectivity index (χ4n) is 3.33. The van der Waals surface area contributed by atoms with Gasteiger partial charge in [-0.3, -0.25) is 15.7 Å². The molecule has 2 aromatic heterocycles. The van der Waals surface area contributed by atoms with E-state index in [2.05, 4.69) is 23.5 Å². The summed E-state index contributed by atoms with van der Waals surface area (Å²) in [6.07, 6.45) is 9.11. The number of methoxy groups -OCH3 is 1. The number of aromatic nitrogens is 2. The van der Waals surface area contributed by atoms with Crippen LogP contribution in [0.3, 0.4) is 0 Å². The van der Waals surface area contributed by atoms with Crippen molar-refractivity contribution in [3.63, 3.8) is 0 Å². The molecule has 0 atom stereocenters. The van der Waals surface area contributed by atoms with E-state index in [0.29, 0.717) is 29.3 Å². The van der Waals surface area contributed by atoms with E-state index in [-0.39, 0.29) is 12.2 Å². The molecule has 3 N–H and O–H groups in total. The van der Waals surface area contributed by atoms with Crippen LogP contribution in [0.15, 0.2) is 79.5 Å². The highest BCUT2D eigenvalue weighted by molar-refractivity contribution is 5.85. The van der Waals surface area contributed by atoms with Crippen LogP contribution in [0.2, 0.25) is 0 Å². The summed E-state index contributed by atoms with van der Waals surface area (Å²) < 4.78 is 34.7. The van der Waals surface area contributed by atoms with Crippen LogP contribution in [0.1, 0.15) is 23.7 Å². The van der Waals surface area contributed by atoms with E-state index in [0.717, 1.165) is 22.5 Å². The van der Waals surface area contributed by atoms with Crippen LogP contribution in [0.25, 0.3) is 16.6 Å². The Morgan fingerprint density at radius 1 is 1.24 bits per heavy atom. The van der Waals surface area contributed by atoms with Crippen LogP contribution in [0, 0.1) is 11.6 Å². The Hall–Kier alpha value is -3.91. The zero-order valence-corrected chi connectivity index (χ0v) is 18.5. The molecule has 0 aliphatic carbocycles. The van der Waals surface area contributed by atoms with Gasteiger partial charge in [0.2, 0.25) is 0 Å². The maximum Gasteiger partial charge on any atom is 0.134 e. The predicted octanol–water partition coefficient (Wildman–Crippen LogP) is 5.02. The molecule has 33 heavy (non-hydrogen) atoms. The van der Waals surface area contributed by atoms with Crippen molar-refractivity contribution < 1.29 is 18.7 Å². The van der Waals surface area contributed by atoms with Crippen LogP contribution in [0.4, 0.5) is 8.78 Å². The van der Waals surface area contributed by atoms with Crippen LogP contribution < -0.4 is 10.8 Å². The van der Waals surface area contributed by atoms with Crippen molar-refractivity contribution in [2.75, 3.05) is 7.11 Å². The first-order valence-corrected chi connectivity index (χ1v) is 10.2. The molecule has 0 spiro atoms. The van der Waals surface area contributed by atoms with E-state index in [1.165, 1.54) is 12.1 Å². The number of allylic oxidation sites excluding steroid dienone is 3. The fraction of sp³-hybridized carbons (Fsp3) is 0.160. The van der Waals surface area contributed by atoms with Gasteiger partial charge in [0, 0.05) is 29.8 Å². The van der Waals surface area contributed by atoms with Gasteiger partial charge in [0.1, 0.15) is 17.4 Å². The third kappa shape index (κ3) is 5.48. The number of hydrogen-bond donors (Lipinski definition) is 3. The second kappa shape index (κ2) is 10.6. The molecule has 1 aromatic carbocycles. The third-order valence-electron chi connectivity index (χ3n) is 5.12. The monoisotopic (exact) mass is 452 g/mol. The van der Waals surface area contributed by atoms with Gasteiger partial charge in [-0.25, -0.2) is 8.78 Å². The highest BCUT2D eigenvalue weighted by Crippen LogP contribution is 2.25. The van der Waals surface area contributed by atoms with Crippen LogP contribution in [-0.4, -0.2) is 21.9 Å². The fourth-order valence-corrected chi connectivity index (χ4v) is 3.33. The maximum atomic E-state index is 14.3. The van der Waals surface area contributed by atoms with Gasteiger partial charge in [0.05, 0.1) is 42.5 Å². The van der Waals surface area contributed by atoms with Gasteiger partial charge in [-0.05, 0) is 30.7 Å². The van der Waals surface area contributed by atoms with E-state index >= 15 is 0 Å². The number of hydroxylamine groups is 1. The lowest BCUT2D eigenvalue weighted by Gasteiger charge is -2.12. The maximum absolute atomic E-state index is 14.3. The molecule has 0 fully saturated rings. The van der Waals surface area contributed by atoms with Gasteiger partial charge in [-0.15, -0.1) is 0 Å². The van der Waals surface area contributed by atoms with Gasteiger partial charge in [-0.1, -0.05) is 31.4 Å². The number of benzene rings is 1. The second-order valence-corrected chi connectivity index (χ2v) is 7.28. The van der Waals surface area contributed by atoms with Crippen molar-refractivity contribution in [3.05, 3.63) is 108 Å².